The summed E-state index contributed by atoms with van der Waals surface area (Å²) in [6.45, 7) is 2.67. The monoisotopic (exact) mass is 231 g/mol. The van der Waals surface area contributed by atoms with Crippen LogP contribution in [0.3, 0.4) is 0 Å². The van der Waals surface area contributed by atoms with Gasteiger partial charge in [-0.1, -0.05) is 38.5 Å². The van der Waals surface area contributed by atoms with Gasteiger partial charge in [-0.3, -0.25) is 0 Å². The molecule has 98 valence electrons. The van der Waals surface area contributed by atoms with Crippen LogP contribution in [0.15, 0.2) is 0 Å². The van der Waals surface area contributed by atoms with Crippen molar-refractivity contribution in [3.8, 4) is 0 Å². The molecule has 0 bridgehead atoms. The summed E-state index contributed by atoms with van der Waals surface area (Å²) in [5.41, 5.74) is 0. The van der Waals surface area contributed by atoms with E-state index in [9.17, 15) is 0 Å². The highest BCUT2D eigenvalue weighted by molar-refractivity contribution is 4.50. The van der Waals surface area contributed by atoms with Crippen LogP contribution in [0.4, 0.5) is 0 Å². The first-order valence-electron chi connectivity index (χ1n) is 6.84. The normalized spacial score (nSPS) is 10.9. The van der Waals surface area contributed by atoms with E-state index in [-0.39, 0.29) is 0 Å². The maximum atomic E-state index is 8.61. The molecule has 0 aromatic rings. The third-order valence-electron chi connectivity index (χ3n) is 2.77. The van der Waals surface area contributed by atoms with Crippen molar-refractivity contribution in [2.24, 2.45) is 0 Å². The third kappa shape index (κ3) is 13.9. The molecular formula is C13H29NO2. The van der Waals surface area contributed by atoms with Crippen LogP contribution < -0.4 is 5.32 Å². The Labute approximate surface area is 100 Å². The van der Waals surface area contributed by atoms with Gasteiger partial charge in [-0.15, -0.1) is 0 Å². The van der Waals surface area contributed by atoms with Gasteiger partial charge in [0.15, 0.2) is 0 Å². The second kappa shape index (κ2) is 14.9. The molecular weight excluding hydrogens is 202 g/mol. The fraction of sp³-hybridized carbons (Fsp3) is 1.00. The lowest BCUT2D eigenvalue weighted by atomic mass is 10.1. The Morgan fingerprint density at radius 2 is 0.938 bits per heavy atom. The minimum Gasteiger partial charge on any atom is -0.396 e. The Balaban J connectivity index is 2.83. The lowest BCUT2D eigenvalue weighted by molar-refractivity contribution is 0.282. The van der Waals surface area contributed by atoms with E-state index in [1.807, 2.05) is 0 Å². The summed E-state index contributed by atoms with van der Waals surface area (Å²) < 4.78 is 0. The number of rotatable bonds is 13. The summed E-state index contributed by atoms with van der Waals surface area (Å²) in [7, 11) is 0. The number of nitrogens with one attached hydrogen (secondary N) is 1. The lowest BCUT2D eigenvalue weighted by Gasteiger charge is -2.03. The summed E-state index contributed by atoms with van der Waals surface area (Å²) in [5.74, 6) is 0. The Kier molecular flexibility index (Phi) is 14.8. The van der Waals surface area contributed by atoms with Crippen molar-refractivity contribution >= 4 is 0 Å². The number of hydrogen-bond acceptors (Lipinski definition) is 3. The van der Waals surface area contributed by atoms with E-state index in [2.05, 4.69) is 5.32 Å². The topological polar surface area (TPSA) is 52.5 Å². The third-order valence-corrected chi connectivity index (χ3v) is 2.77. The van der Waals surface area contributed by atoms with Crippen molar-refractivity contribution in [1.29, 1.82) is 0 Å². The van der Waals surface area contributed by atoms with Crippen molar-refractivity contribution < 1.29 is 10.2 Å². The quantitative estimate of drug-likeness (QED) is 0.425. The first kappa shape index (κ1) is 15.9. The van der Waals surface area contributed by atoms with Gasteiger partial charge in [0.1, 0.15) is 0 Å². The molecule has 0 aromatic heterocycles. The largest absolute Gasteiger partial charge is 0.396 e. The van der Waals surface area contributed by atoms with Crippen LogP contribution in [0, 0.1) is 0 Å². The molecule has 0 aromatic carbocycles. The minimum atomic E-state index is 0.292. The molecule has 0 saturated carbocycles. The molecule has 3 nitrogen and oxygen atoms in total. The number of aliphatic hydroxyl groups is 2. The molecule has 0 spiro atoms. The van der Waals surface area contributed by atoms with Gasteiger partial charge in [-0.25, -0.2) is 0 Å². The van der Waals surface area contributed by atoms with Gasteiger partial charge in [0.2, 0.25) is 0 Å². The second-order valence-electron chi connectivity index (χ2n) is 4.38. The highest BCUT2D eigenvalue weighted by Gasteiger charge is 1.92. The average Bonchev–Trinajstić information content (AvgIpc) is 2.31. The van der Waals surface area contributed by atoms with Gasteiger partial charge in [0, 0.05) is 13.2 Å². The van der Waals surface area contributed by atoms with Gasteiger partial charge in [-0.05, 0) is 32.4 Å². The molecule has 0 saturated heterocycles. The van der Waals surface area contributed by atoms with E-state index in [4.69, 9.17) is 10.2 Å². The van der Waals surface area contributed by atoms with Crippen LogP contribution in [0.1, 0.15) is 57.8 Å². The van der Waals surface area contributed by atoms with Crippen LogP contribution in [-0.2, 0) is 0 Å². The summed E-state index contributed by atoms with van der Waals surface area (Å²) in [6.07, 6.45) is 10.8. The maximum absolute atomic E-state index is 8.61. The van der Waals surface area contributed by atoms with Crippen LogP contribution in [0.25, 0.3) is 0 Å². The van der Waals surface area contributed by atoms with E-state index >= 15 is 0 Å². The lowest BCUT2D eigenvalue weighted by Crippen LogP contribution is -2.17. The van der Waals surface area contributed by atoms with Crippen LogP contribution in [0.2, 0.25) is 0 Å². The molecule has 0 unspecified atom stereocenters. The second-order valence-corrected chi connectivity index (χ2v) is 4.38. The predicted octanol–water partition coefficient (Wildman–Crippen LogP) is 2.07. The molecule has 0 aliphatic heterocycles. The van der Waals surface area contributed by atoms with Crippen LogP contribution >= 0.6 is 0 Å². The molecule has 16 heavy (non-hydrogen) atoms. The van der Waals surface area contributed by atoms with Crippen molar-refractivity contribution in [2.75, 3.05) is 26.3 Å². The van der Waals surface area contributed by atoms with E-state index in [0.717, 1.165) is 25.9 Å². The van der Waals surface area contributed by atoms with Gasteiger partial charge in [-0.2, -0.15) is 0 Å². The summed E-state index contributed by atoms with van der Waals surface area (Å²) in [4.78, 5) is 0. The van der Waals surface area contributed by atoms with E-state index in [0.29, 0.717) is 13.2 Å². The van der Waals surface area contributed by atoms with Gasteiger partial charge in [0.25, 0.3) is 0 Å². The molecule has 0 rings (SSSR count). The van der Waals surface area contributed by atoms with Crippen molar-refractivity contribution in [2.45, 2.75) is 57.8 Å². The zero-order valence-corrected chi connectivity index (χ0v) is 10.6. The molecule has 3 N–H and O–H groups in total. The highest BCUT2D eigenvalue weighted by atomic mass is 16.3. The maximum Gasteiger partial charge on any atom is 0.0443 e. The SMILES string of the molecule is OCCCCCCCCCCNCCCO. The standard InChI is InChI=1S/C13H29NO2/c15-12-8-6-4-2-1-3-5-7-10-14-11-9-13-16/h14-16H,1-13H2. The van der Waals surface area contributed by atoms with E-state index < -0.39 is 0 Å². The molecule has 0 amide bonds. The van der Waals surface area contributed by atoms with Crippen molar-refractivity contribution in [3.63, 3.8) is 0 Å². The van der Waals surface area contributed by atoms with Crippen LogP contribution in [-0.4, -0.2) is 36.5 Å². The smallest absolute Gasteiger partial charge is 0.0443 e. The summed E-state index contributed by atoms with van der Waals surface area (Å²) in [5, 5.41) is 20.5. The Bertz CT molecular complexity index is 107. The molecule has 0 atom stereocenters. The van der Waals surface area contributed by atoms with Gasteiger partial charge >= 0.3 is 0 Å². The molecule has 0 heterocycles. The Hall–Kier alpha value is -0.120. The zero-order chi connectivity index (χ0) is 11.9. The fourth-order valence-electron chi connectivity index (χ4n) is 1.75. The molecule has 0 aliphatic rings. The minimum absolute atomic E-state index is 0.292. The highest BCUT2D eigenvalue weighted by Crippen LogP contribution is 2.07. The molecule has 0 fully saturated rings. The van der Waals surface area contributed by atoms with Gasteiger partial charge < -0.3 is 15.5 Å². The number of hydrogen-bond donors (Lipinski definition) is 3. The Morgan fingerprint density at radius 3 is 1.50 bits per heavy atom. The summed E-state index contributed by atoms with van der Waals surface area (Å²) >= 11 is 0. The average molecular weight is 231 g/mol. The van der Waals surface area contributed by atoms with E-state index in [1.165, 1.54) is 44.9 Å². The zero-order valence-electron chi connectivity index (χ0n) is 10.6. The molecule has 3 heteroatoms. The Morgan fingerprint density at radius 1 is 0.500 bits per heavy atom. The number of aliphatic hydroxyl groups excluding tert-OH is 2. The first-order valence-corrected chi connectivity index (χ1v) is 6.84. The van der Waals surface area contributed by atoms with Crippen molar-refractivity contribution in [3.05, 3.63) is 0 Å². The van der Waals surface area contributed by atoms with Crippen LogP contribution in [0.5, 0.6) is 0 Å². The predicted molar refractivity (Wildman–Crippen MR) is 68.6 cm³/mol. The fourth-order valence-corrected chi connectivity index (χ4v) is 1.75. The van der Waals surface area contributed by atoms with E-state index in [1.54, 1.807) is 0 Å². The van der Waals surface area contributed by atoms with Crippen molar-refractivity contribution in [1.82, 2.24) is 5.32 Å². The summed E-state index contributed by atoms with van der Waals surface area (Å²) in [6, 6.07) is 0. The number of unbranched alkanes of at least 4 members (excludes halogenated alkanes) is 7. The molecule has 0 radical (unpaired) electrons. The molecule has 0 aliphatic carbocycles. The first-order chi connectivity index (χ1) is 7.91. The van der Waals surface area contributed by atoms with Gasteiger partial charge in [0.05, 0.1) is 0 Å².